The van der Waals surface area contributed by atoms with Crippen molar-refractivity contribution in [2.75, 3.05) is 25.4 Å². The maximum atomic E-state index is 12.4. The van der Waals surface area contributed by atoms with Crippen molar-refractivity contribution in [2.45, 2.75) is 52.7 Å². The van der Waals surface area contributed by atoms with Crippen molar-refractivity contribution >= 4 is 33.7 Å². The molecule has 1 amide bonds. The molecule has 2 aromatic carbocycles. The van der Waals surface area contributed by atoms with Crippen LogP contribution in [0.4, 0.5) is 10.6 Å². The van der Waals surface area contributed by atoms with E-state index in [-0.39, 0.29) is 6.09 Å². The van der Waals surface area contributed by atoms with E-state index in [4.69, 9.17) is 20.3 Å². The van der Waals surface area contributed by atoms with E-state index in [9.17, 15) is 4.79 Å². The summed E-state index contributed by atoms with van der Waals surface area (Å²) in [6, 6.07) is 12.3. The Morgan fingerprint density at radius 3 is 2.54 bits per heavy atom. The molecular formula is C28H34N6O3. The SMILES string of the molecule is CCOc1ccc2cc(-c3nn(CC4CCN(C(=O)OC(C)(C)C)CC4)c4ncnc(N)c34)ccc2c1. The highest BCUT2D eigenvalue weighted by atomic mass is 16.6. The summed E-state index contributed by atoms with van der Waals surface area (Å²) in [6.07, 6.45) is 2.98. The summed E-state index contributed by atoms with van der Waals surface area (Å²) in [7, 11) is 0. The molecule has 4 aromatic rings. The second-order valence-electron chi connectivity index (χ2n) is 10.6. The Morgan fingerprint density at radius 2 is 1.81 bits per heavy atom. The second kappa shape index (κ2) is 9.88. The van der Waals surface area contributed by atoms with Gasteiger partial charge in [0.1, 0.15) is 29.2 Å². The van der Waals surface area contributed by atoms with Gasteiger partial charge in [0.25, 0.3) is 0 Å². The normalized spacial score (nSPS) is 14.9. The Hall–Kier alpha value is -3.88. The maximum absolute atomic E-state index is 12.4. The van der Waals surface area contributed by atoms with Crippen LogP contribution in [0.3, 0.4) is 0 Å². The van der Waals surface area contributed by atoms with E-state index in [0.29, 0.717) is 38.0 Å². The lowest BCUT2D eigenvalue weighted by Crippen LogP contribution is -2.42. The highest BCUT2D eigenvalue weighted by Gasteiger charge is 2.28. The van der Waals surface area contributed by atoms with Crippen molar-refractivity contribution in [3.63, 3.8) is 0 Å². The third-order valence-electron chi connectivity index (χ3n) is 6.65. The zero-order valence-corrected chi connectivity index (χ0v) is 21.9. The molecule has 0 bridgehead atoms. The first-order valence-electron chi connectivity index (χ1n) is 12.8. The summed E-state index contributed by atoms with van der Waals surface area (Å²) in [5.74, 6) is 1.63. The number of carbonyl (C=O) groups is 1. The first-order valence-corrected chi connectivity index (χ1v) is 12.8. The van der Waals surface area contributed by atoms with Crippen molar-refractivity contribution in [1.82, 2.24) is 24.6 Å². The van der Waals surface area contributed by atoms with E-state index in [2.05, 4.69) is 34.2 Å². The fraction of sp³-hybridized carbons (Fsp3) is 0.429. The van der Waals surface area contributed by atoms with Gasteiger partial charge >= 0.3 is 6.09 Å². The zero-order valence-electron chi connectivity index (χ0n) is 21.9. The fourth-order valence-electron chi connectivity index (χ4n) is 4.86. The molecule has 1 fully saturated rings. The number of nitrogen functional groups attached to an aromatic ring is 1. The van der Waals surface area contributed by atoms with Crippen LogP contribution in [0, 0.1) is 5.92 Å². The Kier molecular flexibility index (Phi) is 6.62. The number of carbonyl (C=O) groups excluding carboxylic acids is 1. The minimum atomic E-state index is -0.494. The Morgan fingerprint density at radius 1 is 1.08 bits per heavy atom. The number of likely N-dealkylation sites (tertiary alicyclic amines) is 1. The zero-order chi connectivity index (χ0) is 26.2. The standard InChI is InChI=1S/C28H34N6O3/c1-5-36-22-9-8-19-14-21(7-6-20(19)15-22)24-23-25(29)30-17-31-26(23)34(32-24)16-18-10-12-33(13-11-18)27(35)37-28(2,3)4/h6-9,14-15,17-18H,5,10-13,16H2,1-4H3,(H2,29,30,31). The molecule has 2 N–H and O–H groups in total. The Bertz CT molecular complexity index is 1430. The number of rotatable bonds is 5. The Balaban J connectivity index is 1.39. The number of nitrogens with zero attached hydrogens (tertiary/aromatic N) is 5. The molecule has 5 rings (SSSR count). The summed E-state index contributed by atoms with van der Waals surface area (Å²) < 4.78 is 13.1. The van der Waals surface area contributed by atoms with E-state index < -0.39 is 5.60 Å². The largest absolute Gasteiger partial charge is 0.494 e. The van der Waals surface area contributed by atoms with Gasteiger partial charge in [-0.05, 0) is 75.4 Å². The number of amides is 1. The molecule has 0 saturated carbocycles. The molecule has 0 radical (unpaired) electrons. The molecule has 0 aliphatic carbocycles. The quantitative estimate of drug-likeness (QED) is 0.396. The number of fused-ring (bicyclic) bond motifs is 2. The van der Waals surface area contributed by atoms with E-state index in [1.807, 2.05) is 44.5 Å². The lowest BCUT2D eigenvalue weighted by atomic mass is 9.97. The van der Waals surface area contributed by atoms with Crippen molar-refractivity contribution < 1.29 is 14.3 Å². The van der Waals surface area contributed by atoms with Crippen molar-refractivity contribution in [1.29, 1.82) is 0 Å². The van der Waals surface area contributed by atoms with Gasteiger partial charge in [0.15, 0.2) is 5.65 Å². The van der Waals surface area contributed by atoms with E-state index in [0.717, 1.165) is 51.7 Å². The third-order valence-corrected chi connectivity index (χ3v) is 6.65. The van der Waals surface area contributed by atoms with Gasteiger partial charge < -0.3 is 20.1 Å². The highest BCUT2D eigenvalue weighted by molar-refractivity contribution is 6.00. The molecule has 3 heterocycles. The number of nitrogens with two attached hydrogens (primary N) is 1. The molecule has 1 saturated heterocycles. The average Bonchev–Trinajstić information content (AvgIpc) is 3.23. The molecule has 0 spiro atoms. The van der Waals surface area contributed by atoms with Gasteiger partial charge in [-0.2, -0.15) is 5.10 Å². The van der Waals surface area contributed by atoms with Crippen LogP contribution in [-0.2, 0) is 11.3 Å². The topological polar surface area (TPSA) is 108 Å². The van der Waals surface area contributed by atoms with Gasteiger partial charge in [-0.25, -0.2) is 19.4 Å². The minimum absolute atomic E-state index is 0.247. The number of ether oxygens (including phenoxy) is 2. The van der Waals surface area contributed by atoms with Crippen LogP contribution in [0.1, 0.15) is 40.5 Å². The summed E-state index contributed by atoms with van der Waals surface area (Å²) >= 11 is 0. The lowest BCUT2D eigenvalue weighted by Gasteiger charge is -2.33. The monoisotopic (exact) mass is 502 g/mol. The van der Waals surface area contributed by atoms with Crippen LogP contribution < -0.4 is 10.5 Å². The van der Waals surface area contributed by atoms with Crippen LogP contribution in [-0.4, -0.2) is 56.0 Å². The first-order chi connectivity index (χ1) is 17.7. The molecule has 2 aromatic heterocycles. The minimum Gasteiger partial charge on any atom is -0.494 e. The molecular weight excluding hydrogens is 468 g/mol. The van der Waals surface area contributed by atoms with E-state index in [1.165, 1.54) is 6.33 Å². The molecule has 37 heavy (non-hydrogen) atoms. The van der Waals surface area contributed by atoms with Gasteiger partial charge in [-0.1, -0.05) is 18.2 Å². The van der Waals surface area contributed by atoms with Gasteiger partial charge in [-0.15, -0.1) is 0 Å². The molecule has 194 valence electrons. The number of aromatic nitrogens is 4. The number of hydrogen-bond acceptors (Lipinski definition) is 7. The summed E-state index contributed by atoms with van der Waals surface area (Å²) in [6.45, 7) is 10.3. The first kappa shape index (κ1) is 24.8. The molecule has 0 atom stereocenters. The van der Waals surface area contributed by atoms with Gasteiger partial charge in [0.2, 0.25) is 0 Å². The van der Waals surface area contributed by atoms with Crippen LogP contribution in [0.25, 0.3) is 33.1 Å². The van der Waals surface area contributed by atoms with Crippen molar-refractivity contribution in [2.24, 2.45) is 5.92 Å². The van der Waals surface area contributed by atoms with Gasteiger partial charge in [-0.3, -0.25) is 0 Å². The van der Waals surface area contributed by atoms with Crippen molar-refractivity contribution in [3.8, 4) is 17.0 Å². The number of hydrogen-bond donors (Lipinski definition) is 1. The van der Waals surface area contributed by atoms with E-state index >= 15 is 0 Å². The Labute approximate surface area is 216 Å². The van der Waals surface area contributed by atoms with Crippen LogP contribution in [0.2, 0.25) is 0 Å². The molecule has 9 heteroatoms. The number of benzene rings is 2. The van der Waals surface area contributed by atoms with Crippen LogP contribution in [0.5, 0.6) is 5.75 Å². The maximum Gasteiger partial charge on any atom is 0.410 e. The summed E-state index contributed by atoms with van der Waals surface area (Å²) in [5, 5.41) is 7.93. The van der Waals surface area contributed by atoms with E-state index in [1.54, 1.807) is 4.90 Å². The van der Waals surface area contributed by atoms with Crippen molar-refractivity contribution in [3.05, 3.63) is 42.7 Å². The molecule has 9 nitrogen and oxygen atoms in total. The number of anilines is 1. The predicted octanol–water partition coefficient (Wildman–Crippen LogP) is 5.27. The number of piperidine rings is 1. The highest BCUT2D eigenvalue weighted by Crippen LogP contribution is 2.33. The van der Waals surface area contributed by atoms with Gasteiger partial charge in [0, 0.05) is 25.2 Å². The molecule has 0 unspecified atom stereocenters. The average molecular weight is 503 g/mol. The second-order valence-corrected chi connectivity index (χ2v) is 10.6. The van der Waals surface area contributed by atoms with Gasteiger partial charge in [0.05, 0.1) is 12.0 Å². The smallest absolute Gasteiger partial charge is 0.410 e. The predicted molar refractivity (Wildman–Crippen MR) is 144 cm³/mol. The summed E-state index contributed by atoms with van der Waals surface area (Å²) in [5.41, 5.74) is 8.29. The fourth-order valence-corrected chi connectivity index (χ4v) is 4.86. The molecule has 1 aliphatic rings. The lowest BCUT2D eigenvalue weighted by molar-refractivity contribution is 0.0177. The third kappa shape index (κ3) is 5.30. The van der Waals surface area contributed by atoms with Crippen LogP contribution in [0.15, 0.2) is 42.7 Å². The summed E-state index contributed by atoms with van der Waals surface area (Å²) in [4.78, 5) is 23.0. The van der Waals surface area contributed by atoms with Crippen LogP contribution >= 0.6 is 0 Å². The molecule has 1 aliphatic heterocycles.